The Kier molecular flexibility index (Phi) is 5.17. The van der Waals surface area contributed by atoms with Crippen LogP contribution < -0.4 is 4.72 Å². The van der Waals surface area contributed by atoms with Gasteiger partial charge in [0.1, 0.15) is 0 Å². The number of sulfonamides is 1. The number of rotatable bonds is 7. The monoisotopic (exact) mass is 302 g/mol. The van der Waals surface area contributed by atoms with Gasteiger partial charge in [0.05, 0.1) is 9.82 Å². The number of carboxylic acids is 1. The summed E-state index contributed by atoms with van der Waals surface area (Å²) in [6, 6.07) is 3.55. The molecule has 0 aliphatic heterocycles. The van der Waals surface area contributed by atoms with E-state index in [0.717, 1.165) is 6.07 Å². The summed E-state index contributed by atoms with van der Waals surface area (Å²) in [4.78, 5) is 20.1. The van der Waals surface area contributed by atoms with E-state index in [-0.39, 0.29) is 30.0 Å². The number of aryl methyl sites for hydroxylation is 1. The summed E-state index contributed by atoms with van der Waals surface area (Å²) in [6.07, 6.45) is -0.0149. The van der Waals surface area contributed by atoms with Crippen LogP contribution in [0.4, 0.5) is 5.69 Å². The number of nitro benzene ring substituents is 1. The average molecular weight is 302 g/mol. The van der Waals surface area contributed by atoms with Gasteiger partial charge in [-0.05, 0) is 18.9 Å². The number of hydrogen-bond donors (Lipinski definition) is 2. The van der Waals surface area contributed by atoms with Crippen molar-refractivity contribution in [2.24, 2.45) is 0 Å². The van der Waals surface area contributed by atoms with Crippen LogP contribution in [-0.4, -0.2) is 31.0 Å². The molecule has 1 aromatic carbocycles. The predicted octanol–water partition coefficient (Wildman–Crippen LogP) is 1.05. The van der Waals surface area contributed by atoms with Gasteiger partial charge in [0.2, 0.25) is 10.0 Å². The lowest BCUT2D eigenvalue weighted by Gasteiger charge is -2.08. The molecule has 0 aromatic heterocycles. The molecule has 0 unspecified atom stereocenters. The fourth-order valence-corrected chi connectivity index (χ4v) is 2.85. The lowest BCUT2D eigenvalue weighted by atomic mass is 10.2. The highest BCUT2D eigenvalue weighted by Crippen LogP contribution is 2.21. The predicted molar refractivity (Wildman–Crippen MR) is 69.9 cm³/mol. The second kappa shape index (κ2) is 6.44. The molecule has 0 aliphatic rings. The number of nitrogens with one attached hydrogen (secondary N) is 1. The molecular formula is C11H14N2O6S. The third kappa shape index (κ3) is 4.28. The Morgan fingerprint density at radius 3 is 2.65 bits per heavy atom. The maximum Gasteiger partial charge on any atom is 0.303 e. The van der Waals surface area contributed by atoms with Gasteiger partial charge in [0.15, 0.2) is 0 Å². The number of nitro groups is 1. The lowest BCUT2D eigenvalue weighted by molar-refractivity contribution is -0.385. The van der Waals surface area contributed by atoms with Crippen molar-refractivity contribution >= 4 is 21.7 Å². The number of carboxylic acid groups (broad SMARTS) is 1. The molecule has 1 aromatic rings. The first-order valence-corrected chi connectivity index (χ1v) is 7.19. The van der Waals surface area contributed by atoms with Crippen LogP contribution >= 0.6 is 0 Å². The van der Waals surface area contributed by atoms with E-state index in [9.17, 15) is 23.3 Å². The van der Waals surface area contributed by atoms with Crippen LogP contribution in [0.1, 0.15) is 18.4 Å². The molecule has 0 aliphatic carbocycles. The smallest absolute Gasteiger partial charge is 0.303 e. The Labute approximate surface area is 115 Å². The first kappa shape index (κ1) is 16.1. The average Bonchev–Trinajstić information content (AvgIpc) is 2.34. The molecule has 0 heterocycles. The Balaban J connectivity index is 2.89. The van der Waals surface area contributed by atoms with Crippen LogP contribution in [-0.2, 0) is 14.8 Å². The standard InChI is InChI=1S/C11H14N2O6S/c1-8-4-5-9(13(16)17)7-10(8)20(18,19)12-6-2-3-11(14)15/h4-5,7,12H,2-3,6H2,1H3,(H,14,15). The van der Waals surface area contributed by atoms with E-state index >= 15 is 0 Å². The highest BCUT2D eigenvalue weighted by Gasteiger charge is 2.20. The van der Waals surface area contributed by atoms with E-state index < -0.39 is 20.9 Å². The first-order valence-electron chi connectivity index (χ1n) is 5.70. The van der Waals surface area contributed by atoms with Crippen molar-refractivity contribution < 1.29 is 23.2 Å². The largest absolute Gasteiger partial charge is 0.481 e. The topological polar surface area (TPSA) is 127 Å². The molecule has 2 N–H and O–H groups in total. The zero-order chi connectivity index (χ0) is 15.3. The van der Waals surface area contributed by atoms with Crippen molar-refractivity contribution in [3.63, 3.8) is 0 Å². The normalized spacial score (nSPS) is 11.2. The highest BCUT2D eigenvalue weighted by atomic mass is 32.2. The minimum Gasteiger partial charge on any atom is -0.481 e. The SMILES string of the molecule is Cc1ccc([N+](=O)[O-])cc1S(=O)(=O)NCCCC(=O)O. The molecule has 9 heteroatoms. The summed E-state index contributed by atoms with van der Waals surface area (Å²) in [5.41, 5.74) is 0.0582. The van der Waals surface area contributed by atoms with Gasteiger partial charge in [0, 0.05) is 25.1 Å². The van der Waals surface area contributed by atoms with Crippen molar-refractivity contribution in [2.45, 2.75) is 24.7 Å². The number of aliphatic carboxylic acids is 1. The second-order valence-corrected chi connectivity index (χ2v) is 5.84. The van der Waals surface area contributed by atoms with E-state index in [0.29, 0.717) is 5.56 Å². The third-order valence-corrected chi connectivity index (χ3v) is 4.13. The van der Waals surface area contributed by atoms with Crippen LogP contribution in [0.15, 0.2) is 23.1 Å². The van der Waals surface area contributed by atoms with Gasteiger partial charge < -0.3 is 5.11 Å². The quantitative estimate of drug-likeness (QED) is 0.440. The Bertz CT molecular complexity index is 626. The number of non-ortho nitro benzene ring substituents is 1. The molecule has 0 amide bonds. The maximum atomic E-state index is 12.0. The molecule has 20 heavy (non-hydrogen) atoms. The van der Waals surface area contributed by atoms with Crippen molar-refractivity contribution in [2.75, 3.05) is 6.54 Å². The summed E-state index contributed by atoms with van der Waals surface area (Å²) >= 11 is 0. The maximum absolute atomic E-state index is 12.0. The van der Waals surface area contributed by atoms with Crippen LogP contribution in [0.25, 0.3) is 0 Å². The van der Waals surface area contributed by atoms with Crippen LogP contribution in [0.5, 0.6) is 0 Å². The number of nitrogens with zero attached hydrogens (tertiary/aromatic N) is 1. The fourth-order valence-electron chi connectivity index (χ4n) is 1.52. The highest BCUT2D eigenvalue weighted by molar-refractivity contribution is 7.89. The second-order valence-electron chi connectivity index (χ2n) is 4.10. The van der Waals surface area contributed by atoms with Gasteiger partial charge in [0.25, 0.3) is 5.69 Å². The summed E-state index contributed by atoms with van der Waals surface area (Å²) in [5.74, 6) is -1.02. The van der Waals surface area contributed by atoms with Gasteiger partial charge in [-0.15, -0.1) is 0 Å². The zero-order valence-electron chi connectivity index (χ0n) is 10.7. The van der Waals surface area contributed by atoms with Crippen LogP contribution in [0.3, 0.4) is 0 Å². The zero-order valence-corrected chi connectivity index (χ0v) is 11.5. The van der Waals surface area contributed by atoms with E-state index in [1.807, 2.05) is 0 Å². The van der Waals surface area contributed by atoms with Gasteiger partial charge >= 0.3 is 5.97 Å². The van der Waals surface area contributed by atoms with Crippen molar-refractivity contribution in [1.29, 1.82) is 0 Å². The minimum atomic E-state index is -3.89. The van der Waals surface area contributed by atoms with Gasteiger partial charge in [-0.25, -0.2) is 13.1 Å². The van der Waals surface area contributed by atoms with Crippen LogP contribution in [0.2, 0.25) is 0 Å². The van der Waals surface area contributed by atoms with E-state index in [4.69, 9.17) is 5.11 Å². The molecule has 0 saturated heterocycles. The van der Waals surface area contributed by atoms with E-state index in [1.54, 1.807) is 0 Å². The minimum absolute atomic E-state index is 0.0449. The van der Waals surface area contributed by atoms with Crippen molar-refractivity contribution in [1.82, 2.24) is 4.72 Å². The molecule has 0 radical (unpaired) electrons. The number of carbonyl (C=O) groups is 1. The van der Waals surface area contributed by atoms with Gasteiger partial charge in [-0.3, -0.25) is 14.9 Å². The molecule has 0 bridgehead atoms. The first-order chi connectivity index (χ1) is 9.24. The van der Waals surface area contributed by atoms with Crippen molar-refractivity contribution in [3.05, 3.63) is 33.9 Å². The number of hydrogen-bond acceptors (Lipinski definition) is 5. The van der Waals surface area contributed by atoms with E-state index in [2.05, 4.69) is 4.72 Å². The molecule has 0 fully saturated rings. The lowest BCUT2D eigenvalue weighted by Crippen LogP contribution is -2.26. The summed E-state index contributed by atoms with van der Waals surface area (Å²) in [6.45, 7) is 1.48. The van der Waals surface area contributed by atoms with E-state index in [1.165, 1.54) is 19.1 Å². The summed E-state index contributed by atoms with van der Waals surface area (Å²) in [7, 11) is -3.89. The third-order valence-electron chi connectivity index (χ3n) is 2.53. The van der Waals surface area contributed by atoms with Crippen LogP contribution in [0, 0.1) is 17.0 Å². The molecule has 8 nitrogen and oxygen atoms in total. The Hall–Kier alpha value is -2.00. The number of benzene rings is 1. The molecule has 1 rings (SSSR count). The Morgan fingerprint density at radius 1 is 1.45 bits per heavy atom. The molecule has 0 atom stereocenters. The molecule has 0 saturated carbocycles. The Morgan fingerprint density at radius 2 is 2.10 bits per heavy atom. The summed E-state index contributed by atoms with van der Waals surface area (Å²) < 4.78 is 26.2. The van der Waals surface area contributed by atoms with Gasteiger partial charge in [-0.1, -0.05) is 6.07 Å². The fraction of sp³-hybridized carbons (Fsp3) is 0.364. The summed E-state index contributed by atoms with van der Waals surface area (Å²) in [5, 5.41) is 19.1. The van der Waals surface area contributed by atoms with Gasteiger partial charge in [-0.2, -0.15) is 0 Å². The molecular weight excluding hydrogens is 288 g/mol. The van der Waals surface area contributed by atoms with Crippen molar-refractivity contribution in [3.8, 4) is 0 Å². The molecule has 110 valence electrons. The molecule has 0 spiro atoms.